The van der Waals surface area contributed by atoms with Crippen molar-refractivity contribution in [1.29, 1.82) is 0 Å². The molecule has 1 aromatic carbocycles. The van der Waals surface area contributed by atoms with Gasteiger partial charge in [0.2, 0.25) is 5.91 Å². The molecule has 0 radical (unpaired) electrons. The average Bonchev–Trinajstić information content (AvgIpc) is 2.86. The smallest absolute Gasteiger partial charge is 0.224 e. The number of amides is 1. The number of carbonyl (C=O) groups excluding carboxylic acids is 1. The highest BCUT2D eigenvalue weighted by Crippen LogP contribution is 2.18. The van der Waals surface area contributed by atoms with Crippen molar-refractivity contribution in [2.24, 2.45) is 0 Å². The zero-order valence-electron chi connectivity index (χ0n) is 13.3. The Bertz CT molecular complexity index is 631. The number of nitrogens with one attached hydrogen (secondary N) is 1. The molecule has 1 heterocycles. The minimum atomic E-state index is -2.99. The standard InChI is InChI=1S/C16H23FN2O3S/c1-2-19(15-8-10-23(21,22)12-15)16(20)7-9-18-11-13-3-5-14(17)6-4-13/h3-6,15,18H,2,7-12H2,1H3. The lowest BCUT2D eigenvalue weighted by Crippen LogP contribution is -2.41. The van der Waals surface area contributed by atoms with Crippen molar-refractivity contribution >= 4 is 15.7 Å². The second kappa shape index (κ2) is 7.88. The predicted molar refractivity (Wildman–Crippen MR) is 87.2 cm³/mol. The largest absolute Gasteiger partial charge is 0.339 e. The molecule has 0 saturated carbocycles. The Morgan fingerprint density at radius 2 is 2.04 bits per heavy atom. The SMILES string of the molecule is CCN(C(=O)CCNCc1ccc(F)cc1)C1CCS(=O)(=O)C1. The third kappa shape index (κ3) is 5.28. The number of hydrogen-bond acceptors (Lipinski definition) is 4. The Kier molecular flexibility index (Phi) is 6.12. The molecule has 1 aliphatic rings. The van der Waals surface area contributed by atoms with Gasteiger partial charge >= 0.3 is 0 Å². The maximum Gasteiger partial charge on any atom is 0.224 e. The van der Waals surface area contributed by atoms with Gasteiger partial charge in [-0.3, -0.25) is 4.79 Å². The molecule has 0 spiro atoms. The topological polar surface area (TPSA) is 66.5 Å². The number of nitrogens with zero attached hydrogens (tertiary/aromatic N) is 1. The van der Waals surface area contributed by atoms with Crippen LogP contribution in [-0.4, -0.2) is 49.9 Å². The van der Waals surface area contributed by atoms with Crippen LogP contribution in [0.3, 0.4) is 0 Å². The molecular weight excluding hydrogens is 319 g/mol. The molecule has 1 N–H and O–H groups in total. The summed E-state index contributed by atoms with van der Waals surface area (Å²) in [5.41, 5.74) is 0.952. The molecule has 1 atom stereocenters. The summed E-state index contributed by atoms with van der Waals surface area (Å²) in [4.78, 5) is 13.9. The first kappa shape index (κ1) is 17.9. The van der Waals surface area contributed by atoms with Gasteiger partial charge in [0.25, 0.3) is 0 Å². The molecule has 128 valence electrons. The van der Waals surface area contributed by atoms with Crippen LogP contribution in [0.4, 0.5) is 4.39 Å². The summed E-state index contributed by atoms with van der Waals surface area (Å²) in [6.07, 6.45) is 0.858. The number of rotatable bonds is 7. The van der Waals surface area contributed by atoms with Gasteiger partial charge in [-0.2, -0.15) is 0 Å². The highest BCUT2D eigenvalue weighted by atomic mass is 32.2. The Labute approximate surface area is 136 Å². The van der Waals surface area contributed by atoms with Crippen molar-refractivity contribution in [3.05, 3.63) is 35.6 Å². The molecule has 1 fully saturated rings. The molecular formula is C16H23FN2O3S. The maximum atomic E-state index is 12.8. The van der Waals surface area contributed by atoms with E-state index in [1.54, 1.807) is 17.0 Å². The van der Waals surface area contributed by atoms with Gasteiger partial charge in [-0.1, -0.05) is 12.1 Å². The van der Waals surface area contributed by atoms with Crippen molar-refractivity contribution in [3.63, 3.8) is 0 Å². The van der Waals surface area contributed by atoms with Crippen LogP contribution in [0.15, 0.2) is 24.3 Å². The number of halogens is 1. The zero-order valence-corrected chi connectivity index (χ0v) is 14.1. The third-order valence-electron chi connectivity index (χ3n) is 4.07. The van der Waals surface area contributed by atoms with Crippen LogP contribution < -0.4 is 5.32 Å². The fourth-order valence-corrected chi connectivity index (χ4v) is 4.56. The molecule has 0 bridgehead atoms. The molecule has 23 heavy (non-hydrogen) atoms. The van der Waals surface area contributed by atoms with Crippen molar-refractivity contribution in [2.45, 2.75) is 32.4 Å². The highest BCUT2D eigenvalue weighted by Gasteiger charge is 2.33. The van der Waals surface area contributed by atoms with Gasteiger partial charge in [-0.25, -0.2) is 12.8 Å². The molecule has 1 aliphatic heterocycles. The van der Waals surface area contributed by atoms with Crippen molar-refractivity contribution in [2.75, 3.05) is 24.6 Å². The molecule has 1 amide bonds. The summed E-state index contributed by atoms with van der Waals surface area (Å²) in [5, 5.41) is 3.15. The normalized spacial score (nSPS) is 19.7. The van der Waals surface area contributed by atoms with Crippen molar-refractivity contribution in [1.82, 2.24) is 10.2 Å². The van der Waals surface area contributed by atoms with Gasteiger partial charge in [0.15, 0.2) is 9.84 Å². The van der Waals surface area contributed by atoms with Crippen molar-refractivity contribution < 1.29 is 17.6 Å². The van der Waals surface area contributed by atoms with Crippen LogP contribution in [-0.2, 0) is 21.2 Å². The van der Waals surface area contributed by atoms with E-state index in [0.29, 0.717) is 32.5 Å². The van der Waals surface area contributed by atoms with Crippen LogP contribution in [0.25, 0.3) is 0 Å². The first-order valence-electron chi connectivity index (χ1n) is 7.86. The van der Waals surface area contributed by atoms with E-state index in [2.05, 4.69) is 5.32 Å². The number of carbonyl (C=O) groups is 1. The van der Waals surface area contributed by atoms with E-state index in [-0.39, 0.29) is 29.3 Å². The van der Waals surface area contributed by atoms with E-state index in [1.165, 1.54) is 12.1 Å². The molecule has 5 nitrogen and oxygen atoms in total. The van der Waals surface area contributed by atoms with Crippen LogP contribution in [0.1, 0.15) is 25.3 Å². The molecule has 0 aromatic heterocycles. The Morgan fingerprint density at radius 3 is 2.61 bits per heavy atom. The second-order valence-corrected chi connectivity index (χ2v) is 8.02. The quantitative estimate of drug-likeness (QED) is 0.760. The highest BCUT2D eigenvalue weighted by molar-refractivity contribution is 7.91. The zero-order chi connectivity index (χ0) is 16.9. The van der Waals surface area contributed by atoms with Gasteiger partial charge < -0.3 is 10.2 Å². The van der Waals surface area contributed by atoms with Crippen LogP contribution >= 0.6 is 0 Å². The van der Waals surface area contributed by atoms with Gasteiger partial charge in [0.1, 0.15) is 5.82 Å². The molecule has 2 rings (SSSR count). The first-order valence-corrected chi connectivity index (χ1v) is 9.68. The summed E-state index contributed by atoms with van der Waals surface area (Å²) < 4.78 is 35.9. The molecule has 1 aromatic rings. The van der Waals surface area contributed by atoms with E-state index >= 15 is 0 Å². The summed E-state index contributed by atoms with van der Waals surface area (Å²) in [6, 6.07) is 6.02. The lowest BCUT2D eigenvalue weighted by atomic mass is 10.2. The summed E-state index contributed by atoms with van der Waals surface area (Å²) >= 11 is 0. The number of benzene rings is 1. The second-order valence-electron chi connectivity index (χ2n) is 5.79. The Balaban J connectivity index is 1.75. The van der Waals surface area contributed by atoms with Gasteiger partial charge in [-0.05, 0) is 31.0 Å². The predicted octanol–water partition coefficient (Wildman–Crippen LogP) is 1.34. The fourth-order valence-electron chi connectivity index (χ4n) is 2.83. The van der Waals surface area contributed by atoms with Gasteiger partial charge in [0.05, 0.1) is 11.5 Å². The third-order valence-corrected chi connectivity index (χ3v) is 5.82. The van der Waals surface area contributed by atoms with Crippen molar-refractivity contribution in [3.8, 4) is 0 Å². The van der Waals surface area contributed by atoms with Crippen LogP contribution in [0.2, 0.25) is 0 Å². The summed E-state index contributed by atoms with van der Waals surface area (Å²) in [7, 11) is -2.99. The lowest BCUT2D eigenvalue weighted by molar-refractivity contribution is -0.132. The number of sulfone groups is 1. The lowest BCUT2D eigenvalue weighted by Gasteiger charge is -2.27. The van der Waals surface area contributed by atoms with E-state index in [0.717, 1.165) is 5.56 Å². The minimum Gasteiger partial charge on any atom is -0.339 e. The molecule has 1 unspecified atom stereocenters. The molecule has 7 heteroatoms. The van der Waals surface area contributed by atoms with E-state index in [1.807, 2.05) is 6.92 Å². The monoisotopic (exact) mass is 342 g/mol. The molecule has 1 saturated heterocycles. The van der Waals surface area contributed by atoms with E-state index in [4.69, 9.17) is 0 Å². The van der Waals surface area contributed by atoms with Gasteiger partial charge in [0, 0.05) is 32.1 Å². The van der Waals surface area contributed by atoms with Crippen LogP contribution in [0.5, 0.6) is 0 Å². The summed E-state index contributed by atoms with van der Waals surface area (Å²) in [6.45, 7) is 3.47. The number of hydrogen-bond donors (Lipinski definition) is 1. The van der Waals surface area contributed by atoms with E-state index < -0.39 is 9.84 Å². The summed E-state index contributed by atoms with van der Waals surface area (Å²) in [5.74, 6) is -0.0462. The van der Waals surface area contributed by atoms with Gasteiger partial charge in [-0.15, -0.1) is 0 Å². The maximum absolute atomic E-state index is 12.8. The van der Waals surface area contributed by atoms with Crippen LogP contribution in [0, 0.1) is 5.82 Å². The fraction of sp³-hybridized carbons (Fsp3) is 0.562. The Hall–Kier alpha value is -1.47. The minimum absolute atomic E-state index is 0.0267. The molecule has 0 aliphatic carbocycles. The average molecular weight is 342 g/mol. The van der Waals surface area contributed by atoms with E-state index in [9.17, 15) is 17.6 Å². The Morgan fingerprint density at radius 1 is 1.35 bits per heavy atom. The first-order chi connectivity index (χ1) is 10.9.